The van der Waals surface area contributed by atoms with Crippen molar-refractivity contribution in [1.29, 1.82) is 0 Å². The maximum absolute atomic E-state index is 12.1. The molecule has 5 nitrogen and oxygen atoms in total. The van der Waals surface area contributed by atoms with Gasteiger partial charge in [0, 0.05) is 10.7 Å². The van der Waals surface area contributed by atoms with Gasteiger partial charge in [-0.15, -0.1) is 0 Å². The Balaban J connectivity index is 2.01. The quantitative estimate of drug-likeness (QED) is 0.872. The van der Waals surface area contributed by atoms with E-state index in [0.717, 1.165) is 36.0 Å². The zero-order valence-electron chi connectivity index (χ0n) is 10.8. The number of nitrogens with zero attached hydrogens (tertiary/aromatic N) is 1. The number of pyridine rings is 1. The van der Waals surface area contributed by atoms with Crippen molar-refractivity contribution in [3.05, 3.63) is 22.3 Å². The summed E-state index contributed by atoms with van der Waals surface area (Å²) >= 11 is 3.34. The number of piperidine rings is 1. The highest BCUT2D eigenvalue weighted by Crippen LogP contribution is 2.19. The molecule has 0 aromatic carbocycles. The van der Waals surface area contributed by atoms with E-state index in [1.54, 1.807) is 12.3 Å². The first-order valence-corrected chi connectivity index (χ1v) is 8.74. The minimum absolute atomic E-state index is 0.150. The smallest absolute Gasteiger partial charge is 0.234 e. The van der Waals surface area contributed by atoms with Gasteiger partial charge in [0.1, 0.15) is 5.82 Å². The normalized spacial score (nSPS) is 20.2. The number of hydrogen-bond acceptors (Lipinski definition) is 4. The molecule has 1 saturated heterocycles. The lowest BCUT2D eigenvalue weighted by molar-refractivity contribution is 0.404. The largest absolute Gasteiger partial charge is 0.316 e. The number of halogens is 1. The van der Waals surface area contributed by atoms with Gasteiger partial charge in [-0.1, -0.05) is 0 Å². The van der Waals surface area contributed by atoms with E-state index in [1.807, 2.05) is 6.92 Å². The van der Waals surface area contributed by atoms with Crippen LogP contribution in [0.3, 0.4) is 0 Å². The van der Waals surface area contributed by atoms with Crippen molar-refractivity contribution < 1.29 is 8.42 Å². The number of sulfonamides is 1. The van der Waals surface area contributed by atoms with Crippen LogP contribution in [0.4, 0.5) is 5.82 Å². The Morgan fingerprint density at radius 1 is 1.58 bits per heavy atom. The molecule has 1 unspecified atom stereocenters. The van der Waals surface area contributed by atoms with E-state index in [4.69, 9.17) is 0 Å². The average Bonchev–Trinajstić information content (AvgIpc) is 2.34. The van der Waals surface area contributed by atoms with Gasteiger partial charge < -0.3 is 5.32 Å². The Hall–Kier alpha value is -0.660. The molecule has 1 atom stereocenters. The minimum atomic E-state index is -3.33. The van der Waals surface area contributed by atoms with E-state index >= 15 is 0 Å². The van der Waals surface area contributed by atoms with E-state index in [1.165, 1.54) is 0 Å². The molecule has 0 amide bonds. The molecule has 2 rings (SSSR count). The van der Waals surface area contributed by atoms with Crippen molar-refractivity contribution in [2.45, 2.75) is 19.8 Å². The summed E-state index contributed by atoms with van der Waals surface area (Å²) in [6.07, 6.45) is 3.60. The zero-order valence-corrected chi connectivity index (χ0v) is 13.2. The summed E-state index contributed by atoms with van der Waals surface area (Å²) in [6, 6.07) is 1.72. The van der Waals surface area contributed by atoms with E-state index in [-0.39, 0.29) is 11.7 Å². The van der Waals surface area contributed by atoms with Crippen LogP contribution >= 0.6 is 15.9 Å². The maximum Gasteiger partial charge on any atom is 0.234 e. The molecule has 0 spiro atoms. The van der Waals surface area contributed by atoms with E-state index in [2.05, 4.69) is 31.0 Å². The standard InChI is InChI=1S/C12H18BrN3O2S/c1-9-5-12(15-7-11(9)13)16-19(17,18)8-10-3-2-4-14-6-10/h5,7,10,14H,2-4,6,8H2,1H3,(H,15,16). The molecule has 0 saturated carbocycles. The van der Waals surface area contributed by atoms with Gasteiger partial charge in [-0.05, 0) is 66.3 Å². The molecule has 19 heavy (non-hydrogen) atoms. The van der Waals surface area contributed by atoms with Gasteiger partial charge in [-0.25, -0.2) is 13.4 Å². The summed E-state index contributed by atoms with van der Waals surface area (Å²) in [4.78, 5) is 4.06. The maximum atomic E-state index is 12.1. The van der Waals surface area contributed by atoms with Gasteiger partial charge in [0.25, 0.3) is 0 Å². The van der Waals surface area contributed by atoms with Crippen LogP contribution in [0.25, 0.3) is 0 Å². The number of nitrogens with one attached hydrogen (secondary N) is 2. The Labute approximate surface area is 122 Å². The Bertz CT molecular complexity index is 542. The van der Waals surface area contributed by atoms with Gasteiger partial charge in [-0.2, -0.15) is 0 Å². The second-order valence-electron chi connectivity index (χ2n) is 4.91. The molecule has 1 fully saturated rings. The molecule has 1 aliphatic rings. The number of hydrogen-bond donors (Lipinski definition) is 2. The second-order valence-corrected chi connectivity index (χ2v) is 7.54. The first-order chi connectivity index (χ1) is 8.96. The highest BCUT2D eigenvalue weighted by Gasteiger charge is 2.21. The lowest BCUT2D eigenvalue weighted by atomic mass is 10.0. The molecule has 2 heterocycles. The lowest BCUT2D eigenvalue weighted by Crippen LogP contribution is -2.35. The van der Waals surface area contributed by atoms with E-state index in [0.29, 0.717) is 5.82 Å². The Kier molecular flexibility index (Phi) is 4.81. The third kappa shape index (κ3) is 4.43. The molecule has 1 aromatic heterocycles. The van der Waals surface area contributed by atoms with Crippen molar-refractivity contribution in [3.63, 3.8) is 0 Å². The molecular formula is C12H18BrN3O2S. The van der Waals surface area contributed by atoms with Crippen LogP contribution in [0, 0.1) is 12.8 Å². The fourth-order valence-electron chi connectivity index (χ4n) is 2.17. The van der Waals surface area contributed by atoms with Gasteiger partial charge in [0.15, 0.2) is 0 Å². The van der Waals surface area contributed by atoms with Crippen LogP contribution in [0.5, 0.6) is 0 Å². The summed E-state index contributed by atoms with van der Waals surface area (Å²) in [5, 5.41) is 3.22. The first-order valence-electron chi connectivity index (χ1n) is 6.29. The summed E-state index contributed by atoms with van der Waals surface area (Å²) in [6.45, 7) is 3.65. The number of aromatic nitrogens is 1. The van der Waals surface area contributed by atoms with Crippen molar-refractivity contribution >= 4 is 31.8 Å². The topological polar surface area (TPSA) is 71.1 Å². The Morgan fingerprint density at radius 3 is 3.00 bits per heavy atom. The third-order valence-corrected chi connectivity index (χ3v) is 5.42. The molecule has 0 radical (unpaired) electrons. The highest BCUT2D eigenvalue weighted by molar-refractivity contribution is 9.10. The van der Waals surface area contributed by atoms with Crippen molar-refractivity contribution in [2.75, 3.05) is 23.6 Å². The van der Waals surface area contributed by atoms with Crippen molar-refractivity contribution in [2.24, 2.45) is 5.92 Å². The van der Waals surface area contributed by atoms with Gasteiger partial charge >= 0.3 is 0 Å². The third-order valence-electron chi connectivity index (χ3n) is 3.16. The molecule has 106 valence electrons. The SMILES string of the molecule is Cc1cc(NS(=O)(=O)CC2CCCNC2)ncc1Br. The molecule has 1 aromatic rings. The number of anilines is 1. The number of aryl methyl sites for hydroxylation is 1. The summed E-state index contributed by atoms with van der Waals surface area (Å²) in [5.74, 6) is 0.712. The fourth-order valence-corrected chi connectivity index (χ4v) is 3.81. The van der Waals surface area contributed by atoms with Crippen LogP contribution < -0.4 is 10.0 Å². The summed E-state index contributed by atoms with van der Waals surface area (Å²) in [7, 11) is -3.33. The molecule has 1 aliphatic heterocycles. The summed E-state index contributed by atoms with van der Waals surface area (Å²) < 4.78 is 27.6. The Morgan fingerprint density at radius 2 is 2.37 bits per heavy atom. The van der Waals surface area contributed by atoms with E-state index < -0.39 is 10.0 Å². The van der Waals surface area contributed by atoms with Crippen molar-refractivity contribution in [3.8, 4) is 0 Å². The van der Waals surface area contributed by atoms with Crippen LogP contribution in [-0.2, 0) is 10.0 Å². The van der Waals surface area contributed by atoms with Crippen molar-refractivity contribution in [1.82, 2.24) is 10.3 Å². The minimum Gasteiger partial charge on any atom is -0.316 e. The predicted molar refractivity (Wildman–Crippen MR) is 79.7 cm³/mol. The molecule has 7 heteroatoms. The monoisotopic (exact) mass is 347 g/mol. The molecule has 0 aliphatic carbocycles. The summed E-state index contributed by atoms with van der Waals surface area (Å²) in [5.41, 5.74) is 0.951. The van der Waals surface area contributed by atoms with Gasteiger partial charge in [-0.3, -0.25) is 4.72 Å². The van der Waals surface area contributed by atoms with E-state index in [9.17, 15) is 8.42 Å². The number of rotatable bonds is 4. The molecule has 0 bridgehead atoms. The zero-order chi connectivity index (χ0) is 13.9. The fraction of sp³-hybridized carbons (Fsp3) is 0.583. The molecular weight excluding hydrogens is 330 g/mol. The van der Waals surface area contributed by atoms with Crippen LogP contribution in [0.2, 0.25) is 0 Å². The van der Waals surface area contributed by atoms with Crippen LogP contribution in [0.15, 0.2) is 16.7 Å². The van der Waals surface area contributed by atoms with Crippen LogP contribution in [0.1, 0.15) is 18.4 Å². The lowest BCUT2D eigenvalue weighted by Gasteiger charge is -2.22. The average molecular weight is 348 g/mol. The molecule has 2 N–H and O–H groups in total. The first kappa shape index (κ1) is 14.7. The highest BCUT2D eigenvalue weighted by atomic mass is 79.9. The predicted octanol–water partition coefficient (Wildman–Crippen LogP) is 1.89. The van der Waals surface area contributed by atoms with Gasteiger partial charge in [0.05, 0.1) is 5.75 Å². The second kappa shape index (κ2) is 6.19. The van der Waals surface area contributed by atoms with Gasteiger partial charge in [0.2, 0.25) is 10.0 Å². The van der Waals surface area contributed by atoms with Crippen LogP contribution in [-0.4, -0.2) is 32.2 Å².